The van der Waals surface area contributed by atoms with Gasteiger partial charge < -0.3 is 9.26 Å². The van der Waals surface area contributed by atoms with Crippen LogP contribution in [0.5, 0.6) is 5.75 Å². The molecular weight excluding hydrogens is 318 g/mol. The van der Waals surface area contributed by atoms with Crippen molar-refractivity contribution < 1.29 is 17.7 Å². The summed E-state index contributed by atoms with van der Waals surface area (Å²) >= 11 is 0. The van der Waals surface area contributed by atoms with Crippen LogP contribution in [0.25, 0.3) is 22.8 Å². The molecule has 8 heteroatoms. The highest BCUT2D eigenvalue weighted by Crippen LogP contribution is 2.28. The molecule has 3 aromatic rings. The fourth-order valence-electron chi connectivity index (χ4n) is 2.02. The summed E-state index contributed by atoms with van der Waals surface area (Å²) in [6, 6.07) is 7.97. The van der Waals surface area contributed by atoms with Gasteiger partial charge in [-0.15, -0.1) is 0 Å². The van der Waals surface area contributed by atoms with Crippen LogP contribution in [0.2, 0.25) is 0 Å². The molecule has 0 aliphatic rings. The van der Waals surface area contributed by atoms with E-state index in [1.54, 1.807) is 30.6 Å². The smallest absolute Gasteiger partial charge is 0.258 e. The Morgan fingerprint density at radius 1 is 1.13 bits per heavy atom. The third-order valence-corrected chi connectivity index (χ3v) is 4.33. The third-order valence-electron chi connectivity index (χ3n) is 3.20. The summed E-state index contributed by atoms with van der Waals surface area (Å²) in [5.41, 5.74) is 1.29. The number of methoxy groups -OCH3 is 1. The molecule has 0 saturated heterocycles. The van der Waals surface area contributed by atoms with E-state index in [4.69, 9.17) is 9.26 Å². The largest absolute Gasteiger partial charge is 0.494 e. The second-order valence-electron chi connectivity index (χ2n) is 4.80. The highest BCUT2D eigenvalue weighted by Gasteiger charge is 2.15. The van der Waals surface area contributed by atoms with Crippen LogP contribution in [0.15, 0.2) is 52.1 Å². The molecule has 0 radical (unpaired) electrons. The molecule has 0 bridgehead atoms. The molecule has 0 fully saturated rings. The Morgan fingerprint density at radius 3 is 2.52 bits per heavy atom. The predicted octanol–water partition coefficient (Wildman–Crippen LogP) is 2.21. The summed E-state index contributed by atoms with van der Waals surface area (Å²) in [5, 5.41) is 3.93. The van der Waals surface area contributed by atoms with E-state index in [2.05, 4.69) is 15.1 Å². The summed E-state index contributed by atoms with van der Waals surface area (Å²) in [5.74, 6) is 1.19. The van der Waals surface area contributed by atoms with Crippen LogP contribution < -0.4 is 4.74 Å². The monoisotopic (exact) mass is 331 g/mol. The molecule has 3 rings (SSSR count). The van der Waals surface area contributed by atoms with Crippen molar-refractivity contribution in [3.8, 4) is 28.6 Å². The molecule has 0 aliphatic heterocycles. The first-order chi connectivity index (χ1) is 11.0. The molecule has 0 N–H and O–H groups in total. The maximum Gasteiger partial charge on any atom is 0.258 e. The van der Waals surface area contributed by atoms with Gasteiger partial charge in [-0.05, 0) is 30.3 Å². The zero-order valence-electron chi connectivity index (χ0n) is 12.4. The van der Waals surface area contributed by atoms with Crippen molar-refractivity contribution >= 4 is 9.84 Å². The first-order valence-corrected chi connectivity index (χ1v) is 8.51. The van der Waals surface area contributed by atoms with E-state index in [0.717, 1.165) is 6.26 Å². The Kier molecular flexibility index (Phi) is 3.83. The SMILES string of the molecule is COc1cnccc1-c1noc(-c2ccc(S(C)(=O)=O)cc2)n1. The summed E-state index contributed by atoms with van der Waals surface area (Å²) in [4.78, 5) is 8.52. The Bertz CT molecular complexity index is 933. The highest BCUT2D eigenvalue weighted by atomic mass is 32.2. The lowest BCUT2D eigenvalue weighted by atomic mass is 10.2. The van der Waals surface area contributed by atoms with E-state index < -0.39 is 9.84 Å². The van der Waals surface area contributed by atoms with Crippen LogP contribution in [0.1, 0.15) is 0 Å². The topological polar surface area (TPSA) is 95.2 Å². The molecule has 2 aromatic heterocycles. The van der Waals surface area contributed by atoms with Gasteiger partial charge in [0.15, 0.2) is 9.84 Å². The molecule has 23 heavy (non-hydrogen) atoms. The Labute approximate surface area is 132 Å². The lowest BCUT2D eigenvalue weighted by molar-refractivity contribution is 0.412. The first-order valence-electron chi connectivity index (χ1n) is 6.61. The number of hydrogen-bond acceptors (Lipinski definition) is 7. The van der Waals surface area contributed by atoms with Crippen LogP contribution >= 0.6 is 0 Å². The van der Waals surface area contributed by atoms with Crippen LogP contribution in [-0.2, 0) is 9.84 Å². The van der Waals surface area contributed by atoms with Gasteiger partial charge in [-0.2, -0.15) is 4.98 Å². The van der Waals surface area contributed by atoms with Gasteiger partial charge in [-0.25, -0.2) is 8.42 Å². The number of hydrogen-bond donors (Lipinski definition) is 0. The minimum absolute atomic E-state index is 0.233. The zero-order valence-corrected chi connectivity index (χ0v) is 13.2. The van der Waals surface area contributed by atoms with Crippen molar-refractivity contribution in [3.63, 3.8) is 0 Å². The number of aromatic nitrogens is 3. The number of sulfone groups is 1. The number of benzene rings is 1. The van der Waals surface area contributed by atoms with Gasteiger partial charge in [0.2, 0.25) is 5.82 Å². The van der Waals surface area contributed by atoms with Gasteiger partial charge in [-0.3, -0.25) is 4.98 Å². The molecule has 118 valence electrons. The standard InChI is InChI=1S/C15H13N3O4S/c1-21-13-9-16-8-7-12(13)14-17-15(22-18-14)10-3-5-11(6-4-10)23(2,19)20/h3-9H,1-2H3. The second-order valence-corrected chi connectivity index (χ2v) is 6.81. The van der Waals surface area contributed by atoms with Gasteiger partial charge >= 0.3 is 0 Å². The molecule has 0 unspecified atom stereocenters. The molecule has 1 aromatic carbocycles. The van der Waals surface area contributed by atoms with Crippen molar-refractivity contribution in [3.05, 3.63) is 42.7 Å². The number of pyridine rings is 1. The predicted molar refractivity (Wildman–Crippen MR) is 82.6 cm³/mol. The van der Waals surface area contributed by atoms with E-state index in [0.29, 0.717) is 28.6 Å². The molecule has 0 aliphatic carbocycles. The van der Waals surface area contributed by atoms with Crippen molar-refractivity contribution in [1.82, 2.24) is 15.1 Å². The normalized spacial score (nSPS) is 11.4. The van der Waals surface area contributed by atoms with Crippen LogP contribution in [0.4, 0.5) is 0 Å². The summed E-state index contributed by atoms with van der Waals surface area (Å²) in [6.07, 6.45) is 4.32. The summed E-state index contributed by atoms with van der Waals surface area (Å²) in [7, 11) is -1.71. The number of rotatable bonds is 4. The average Bonchev–Trinajstić information content (AvgIpc) is 3.04. The Balaban J connectivity index is 1.96. The molecule has 7 nitrogen and oxygen atoms in total. The van der Waals surface area contributed by atoms with Crippen molar-refractivity contribution in [2.45, 2.75) is 4.90 Å². The van der Waals surface area contributed by atoms with Crippen molar-refractivity contribution in [2.24, 2.45) is 0 Å². The summed E-state index contributed by atoms with van der Waals surface area (Å²) < 4.78 is 33.4. The van der Waals surface area contributed by atoms with Gasteiger partial charge in [-0.1, -0.05) is 5.16 Å². The quantitative estimate of drug-likeness (QED) is 0.723. The zero-order chi connectivity index (χ0) is 16.4. The molecule has 0 saturated carbocycles. The maximum absolute atomic E-state index is 11.5. The molecule has 0 amide bonds. The number of ether oxygens (including phenoxy) is 1. The van der Waals surface area contributed by atoms with Gasteiger partial charge in [0.25, 0.3) is 5.89 Å². The fraction of sp³-hybridized carbons (Fsp3) is 0.133. The number of nitrogens with zero attached hydrogens (tertiary/aromatic N) is 3. The van der Waals surface area contributed by atoms with Gasteiger partial charge in [0.05, 0.1) is 23.8 Å². The van der Waals surface area contributed by atoms with E-state index in [-0.39, 0.29) is 4.90 Å². The van der Waals surface area contributed by atoms with Gasteiger partial charge in [0.1, 0.15) is 5.75 Å². The van der Waals surface area contributed by atoms with Gasteiger partial charge in [0, 0.05) is 18.0 Å². The molecule has 0 atom stereocenters. The van der Waals surface area contributed by atoms with E-state index in [1.807, 2.05) is 0 Å². The van der Waals surface area contributed by atoms with Crippen molar-refractivity contribution in [1.29, 1.82) is 0 Å². The Hall–Kier alpha value is -2.74. The second kappa shape index (κ2) is 5.81. The summed E-state index contributed by atoms with van der Waals surface area (Å²) in [6.45, 7) is 0. The molecule has 0 spiro atoms. The minimum Gasteiger partial charge on any atom is -0.494 e. The van der Waals surface area contributed by atoms with E-state index >= 15 is 0 Å². The van der Waals surface area contributed by atoms with Crippen LogP contribution in [0, 0.1) is 0 Å². The van der Waals surface area contributed by atoms with Crippen LogP contribution in [0.3, 0.4) is 0 Å². The van der Waals surface area contributed by atoms with E-state index in [9.17, 15) is 8.42 Å². The van der Waals surface area contributed by atoms with Crippen molar-refractivity contribution in [2.75, 3.05) is 13.4 Å². The molecule has 2 heterocycles. The maximum atomic E-state index is 11.5. The first kappa shape index (κ1) is 15.2. The molecular formula is C15H13N3O4S. The lowest BCUT2D eigenvalue weighted by Crippen LogP contribution is -1.96. The van der Waals surface area contributed by atoms with E-state index in [1.165, 1.54) is 19.2 Å². The highest BCUT2D eigenvalue weighted by molar-refractivity contribution is 7.90. The van der Waals surface area contributed by atoms with Crippen LogP contribution in [-0.4, -0.2) is 36.9 Å². The Morgan fingerprint density at radius 2 is 1.87 bits per heavy atom. The lowest BCUT2D eigenvalue weighted by Gasteiger charge is -2.02. The average molecular weight is 331 g/mol. The fourth-order valence-corrected chi connectivity index (χ4v) is 2.65. The third kappa shape index (κ3) is 3.07. The minimum atomic E-state index is -3.24.